The molecule has 2 rings (SSSR count). The summed E-state index contributed by atoms with van der Waals surface area (Å²) in [4.78, 5) is 12.2. The van der Waals surface area contributed by atoms with E-state index in [0.717, 1.165) is 17.8 Å². The highest BCUT2D eigenvalue weighted by Gasteiger charge is 2.17. The Morgan fingerprint density at radius 2 is 1.89 bits per heavy atom. The van der Waals surface area contributed by atoms with Crippen LogP contribution in [-0.2, 0) is 19.9 Å². The topological polar surface area (TPSA) is 34.9 Å². The van der Waals surface area contributed by atoms with Gasteiger partial charge in [-0.05, 0) is 30.7 Å². The summed E-state index contributed by atoms with van der Waals surface area (Å²) in [5, 5.41) is 5.51. The molecule has 100 valence electrons. The Hall–Kier alpha value is -1.32. The van der Waals surface area contributed by atoms with Crippen molar-refractivity contribution < 1.29 is 4.79 Å². The highest BCUT2D eigenvalue weighted by Crippen LogP contribution is 2.22. The zero-order valence-corrected chi connectivity index (χ0v) is 12.3. The molecule has 0 atom stereocenters. The van der Waals surface area contributed by atoms with Crippen LogP contribution in [0, 0.1) is 0 Å². The van der Waals surface area contributed by atoms with E-state index in [0.29, 0.717) is 15.6 Å². The Bertz CT molecular complexity index is 603. The first-order chi connectivity index (χ1) is 9.02. The molecular formula is C14H14Cl2N2O. The molecule has 0 fully saturated rings. The zero-order chi connectivity index (χ0) is 14.0. The average Bonchev–Trinajstić information content (AvgIpc) is 2.67. The van der Waals surface area contributed by atoms with Crippen LogP contribution in [0.15, 0.2) is 24.3 Å². The van der Waals surface area contributed by atoms with Crippen molar-refractivity contribution in [2.75, 3.05) is 0 Å². The van der Waals surface area contributed by atoms with E-state index in [4.69, 9.17) is 23.2 Å². The van der Waals surface area contributed by atoms with Crippen molar-refractivity contribution in [3.63, 3.8) is 0 Å². The number of aromatic nitrogens is 2. The maximum absolute atomic E-state index is 12.2. The first-order valence-electron chi connectivity index (χ1n) is 6.02. The van der Waals surface area contributed by atoms with E-state index in [1.165, 1.54) is 0 Å². The van der Waals surface area contributed by atoms with Gasteiger partial charge < -0.3 is 0 Å². The number of hydrogen-bond acceptors (Lipinski definition) is 2. The normalized spacial score (nSPS) is 10.7. The second-order valence-corrected chi connectivity index (χ2v) is 5.11. The van der Waals surface area contributed by atoms with E-state index in [-0.39, 0.29) is 12.2 Å². The Kier molecular flexibility index (Phi) is 4.27. The number of rotatable bonds is 4. The summed E-state index contributed by atoms with van der Waals surface area (Å²) in [5.74, 6) is 0.00391. The fourth-order valence-corrected chi connectivity index (χ4v) is 2.39. The summed E-state index contributed by atoms with van der Waals surface area (Å²) < 4.78 is 1.68. The first-order valence-corrected chi connectivity index (χ1v) is 6.77. The molecule has 1 aromatic heterocycles. The molecule has 0 bridgehead atoms. The van der Waals surface area contributed by atoms with Gasteiger partial charge in [-0.3, -0.25) is 9.48 Å². The lowest BCUT2D eigenvalue weighted by molar-refractivity contribution is 0.0991. The van der Waals surface area contributed by atoms with Crippen LogP contribution in [0.25, 0.3) is 0 Å². The number of aryl methyl sites for hydroxylation is 2. The molecule has 0 aliphatic rings. The third-order valence-corrected chi connectivity index (χ3v) is 3.69. The summed E-state index contributed by atoms with van der Waals surface area (Å²) in [7, 11) is 1.80. The highest BCUT2D eigenvalue weighted by molar-refractivity contribution is 6.32. The summed E-state index contributed by atoms with van der Waals surface area (Å²) in [6.45, 7) is 1.99. The van der Waals surface area contributed by atoms with E-state index < -0.39 is 0 Å². The van der Waals surface area contributed by atoms with Gasteiger partial charge in [0, 0.05) is 17.6 Å². The van der Waals surface area contributed by atoms with Gasteiger partial charge in [-0.2, -0.15) is 5.10 Å². The van der Waals surface area contributed by atoms with Gasteiger partial charge in [0.2, 0.25) is 0 Å². The maximum atomic E-state index is 12.2. The van der Waals surface area contributed by atoms with E-state index in [2.05, 4.69) is 5.10 Å². The molecule has 5 heteroatoms. The lowest BCUT2D eigenvalue weighted by Crippen LogP contribution is -2.08. The molecule has 3 nitrogen and oxygen atoms in total. The van der Waals surface area contributed by atoms with Gasteiger partial charge in [-0.1, -0.05) is 30.1 Å². The number of hydrogen-bond donors (Lipinski definition) is 0. The van der Waals surface area contributed by atoms with Crippen LogP contribution >= 0.6 is 23.2 Å². The predicted molar refractivity (Wildman–Crippen MR) is 77.1 cm³/mol. The summed E-state index contributed by atoms with van der Waals surface area (Å²) >= 11 is 12.0. The van der Waals surface area contributed by atoms with Crippen molar-refractivity contribution in [1.82, 2.24) is 9.78 Å². The summed E-state index contributed by atoms with van der Waals surface area (Å²) in [5.41, 5.74) is 2.20. The van der Waals surface area contributed by atoms with E-state index in [9.17, 15) is 4.79 Å². The van der Waals surface area contributed by atoms with E-state index in [1.807, 2.05) is 6.92 Å². The van der Waals surface area contributed by atoms with E-state index in [1.54, 1.807) is 36.0 Å². The summed E-state index contributed by atoms with van der Waals surface area (Å²) in [6.07, 6.45) is 0.992. The third-order valence-electron chi connectivity index (χ3n) is 3.00. The van der Waals surface area contributed by atoms with Crippen LogP contribution < -0.4 is 0 Å². The van der Waals surface area contributed by atoms with Gasteiger partial charge in [0.25, 0.3) is 0 Å². The van der Waals surface area contributed by atoms with Crippen molar-refractivity contribution in [1.29, 1.82) is 0 Å². The lowest BCUT2D eigenvalue weighted by Gasteiger charge is -2.03. The quantitative estimate of drug-likeness (QED) is 0.806. The minimum Gasteiger partial charge on any atom is -0.294 e. The number of carbonyl (C=O) groups excluding carboxylic acids is 1. The molecule has 2 aromatic rings. The Labute approximate surface area is 122 Å². The van der Waals surface area contributed by atoms with Gasteiger partial charge in [0.15, 0.2) is 5.78 Å². The van der Waals surface area contributed by atoms with Crippen molar-refractivity contribution >= 4 is 29.0 Å². The summed E-state index contributed by atoms with van der Waals surface area (Å²) in [6, 6.07) is 6.85. The highest BCUT2D eigenvalue weighted by atomic mass is 35.5. The Morgan fingerprint density at radius 1 is 1.26 bits per heavy atom. The number of carbonyl (C=O) groups is 1. The van der Waals surface area contributed by atoms with Crippen LogP contribution in [0.5, 0.6) is 0 Å². The molecule has 0 unspecified atom stereocenters. The van der Waals surface area contributed by atoms with Crippen LogP contribution in [0.2, 0.25) is 10.0 Å². The Balaban J connectivity index is 2.24. The molecule has 1 heterocycles. The molecule has 0 aliphatic heterocycles. The van der Waals surface area contributed by atoms with Crippen molar-refractivity contribution in [2.24, 2.45) is 7.05 Å². The van der Waals surface area contributed by atoms with Crippen molar-refractivity contribution in [3.05, 3.63) is 51.3 Å². The molecule has 0 radical (unpaired) electrons. The molecule has 0 amide bonds. The first kappa shape index (κ1) is 14.1. The molecule has 19 heavy (non-hydrogen) atoms. The SMILES string of the molecule is CCc1nn(C)c(CC(=O)c2ccc(Cl)cc2)c1Cl. The number of ketones is 1. The smallest absolute Gasteiger partial charge is 0.168 e. The third kappa shape index (κ3) is 2.99. The van der Waals surface area contributed by atoms with Gasteiger partial charge in [-0.25, -0.2) is 0 Å². The van der Waals surface area contributed by atoms with Crippen molar-refractivity contribution in [3.8, 4) is 0 Å². The second-order valence-electron chi connectivity index (χ2n) is 4.29. The minimum atomic E-state index is 0.00391. The number of nitrogens with zero attached hydrogens (tertiary/aromatic N) is 2. The molecule has 0 spiro atoms. The van der Waals surface area contributed by atoms with Crippen LogP contribution in [0.3, 0.4) is 0 Å². The average molecular weight is 297 g/mol. The van der Waals surface area contributed by atoms with Crippen LogP contribution in [0.1, 0.15) is 28.7 Å². The largest absolute Gasteiger partial charge is 0.294 e. The van der Waals surface area contributed by atoms with Crippen LogP contribution in [0.4, 0.5) is 0 Å². The van der Waals surface area contributed by atoms with Gasteiger partial charge in [-0.15, -0.1) is 0 Å². The predicted octanol–water partition coefficient (Wildman–Crippen LogP) is 3.71. The molecule has 0 saturated heterocycles. The molecule has 0 saturated carbocycles. The maximum Gasteiger partial charge on any atom is 0.168 e. The lowest BCUT2D eigenvalue weighted by atomic mass is 10.1. The fourth-order valence-electron chi connectivity index (χ4n) is 1.90. The molecule has 0 N–H and O–H groups in total. The monoisotopic (exact) mass is 296 g/mol. The van der Waals surface area contributed by atoms with Gasteiger partial charge >= 0.3 is 0 Å². The van der Waals surface area contributed by atoms with Gasteiger partial charge in [0.1, 0.15) is 0 Å². The zero-order valence-electron chi connectivity index (χ0n) is 10.8. The van der Waals surface area contributed by atoms with Crippen LogP contribution in [-0.4, -0.2) is 15.6 Å². The molecule has 1 aromatic carbocycles. The number of Topliss-reactive ketones (excluding diaryl/α,β-unsaturated/α-hetero) is 1. The second kappa shape index (κ2) is 5.76. The van der Waals surface area contributed by atoms with Gasteiger partial charge in [0.05, 0.1) is 22.8 Å². The standard InChI is InChI=1S/C14H14Cl2N2O/c1-3-11-14(16)12(18(2)17-11)8-13(19)9-4-6-10(15)7-5-9/h4-7H,3,8H2,1-2H3. The molecule has 0 aliphatic carbocycles. The van der Waals surface area contributed by atoms with E-state index >= 15 is 0 Å². The van der Waals surface area contributed by atoms with Crippen molar-refractivity contribution in [2.45, 2.75) is 19.8 Å². The number of halogens is 2. The Morgan fingerprint density at radius 3 is 2.42 bits per heavy atom. The minimum absolute atomic E-state index is 0.00391. The molecular weight excluding hydrogens is 283 g/mol. The fraction of sp³-hybridized carbons (Fsp3) is 0.286. The number of benzene rings is 1.